The first kappa shape index (κ1) is 22.4. The summed E-state index contributed by atoms with van der Waals surface area (Å²) in [6.45, 7) is 3.26. The average Bonchev–Trinajstić information content (AvgIpc) is 2.82. The number of aromatic nitrogens is 2. The molecular formula is C15H20ClN3O8. The smallest absolute Gasteiger partial charge is 0.351 e. The van der Waals surface area contributed by atoms with Crippen LogP contribution in [-0.4, -0.2) is 52.4 Å². The second kappa shape index (κ2) is 9.33. The Morgan fingerprint density at radius 2 is 1.74 bits per heavy atom. The van der Waals surface area contributed by atoms with Gasteiger partial charge in [0, 0.05) is 27.0 Å². The van der Waals surface area contributed by atoms with Crippen LogP contribution < -0.4 is 11.4 Å². The SMILES string of the molecule is CC(=O)OCC1OC(n2ccc(N)nc2=O)C(OC(C)=O)C1OC(C)=O.Cl. The van der Waals surface area contributed by atoms with Crippen molar-refractivity contribution in [2.24, 2.45) is 0 Å². The molecule has 1 saturated heterocycles. The van der Waals surface area contributed by atoms with Crippen molar-refractivity contribution in [3.63, 3.8) is 0 Å². The molecule has 1 aliphatic heterocycles. The van der Waals surface area contributed by atoms with Gasteiger partial charge in [-0.25, -0.2) is 4.79 Å². The molecule has 2 heterocycles. The second-order valence-corrected chi connectivity index (χ2v) is 5.56. The maximum atomic E-state index is 12.1. The highest BCUT2D eigenvalue weighted by atomic mass is 35.5. The predicted molar refractivity (Wildman–Crippen MR) is 91.8 cm³/mol. The first-order valence-electron chi connectivity index (χ1n) is 7.67. The van der Waals surface area contributed by atoms with Crippen LogP contribution in [0.15, 0.2) is 17.1 Å². The zero-order valence-electron chi connectivity index (χ0n) is 14.8. The third-order valence-corrected chi connectivity index (χ3v) is 3.47. The van der Waals surface area contributed by atoms with E-state index in [9.17, 15) is 19.2 Å². The van der Waals surface area contributed by atoms with Crippen LogP contribution in [0.5, 0.6) is 0 Å². The number of halogens is 1. The van der Waals surface area contributed by atoms with E-state index in [-0.39, 0.29) is 24.8 Å². The largest absolute Gasteiger partial charge is 0.463 e. The van der Waals surface area contributed by atoms with Crippen LogP contribution in [0.2, 0.25) is 0 Å². The minimum absolute atomic E-state index is 0. The first-order chi connectivity index (χ1) is 12.2. The van der Waals surface area contributed by atoms with Crippen molar-refractivity contribution in [1.82, 2.24) is 9.55 Å². The van der Waals surface area contributed by atoms with Crippen LogP contribution in [0.1, 0.15) is 27.0 Å². The van der Waals surface area contributed by atoms with E-state index >= 15 is 0 Å². The minimum Gasteiger partial charge on any atom is -0.463 e. The van der Waals surface area contributed by atoms with Crippen molar-refractivity contribution >= 4 is 36.1 Å². The van der Waals surface area contributed by atoms with Gasteiger partial charge in [-0.2, -0.15) is 4.98 Å². The number of hydrogen-bond acceptors (Lipinski definition) is 10. The van der Waals surface area contributed by atoms with Gasteiger partial charge in [0.1, 0.15) is 18.5 Å². The number of nitrogen functional groups attached to an aromatic ring is 1. The number of carbonyl (C=O) groups is 3. The van der Waals surface area contributed by atoms with Crippen LogP contribution >= 0.6 is 12.4 Å². The highest BCUT2D eigenvalue weighted by molar-refractivity contribution is 5.85. The zero-order valence-corrected chi connectivity index (χ0v) is 15.6. The molecule has 0 aliphatic carbocycles. The molecule has 0 amide bonds. The van der Waals surface area contributed by atoms with Gasteiger partial charge in [0.15, 0.2) is 18.4 Å². The molecule has 1 aromatic heterocycles. The maximum Gasteiger partial charge on any atom is 0.351 e. The van der Waals surface area contributed by atoms with Gasteiger partial charge in [0.25, 0.3) is 0 Å². The first-order valence-corrected chi connectivity index (χ1v) is 7.67. The van der Waals surface area contributed by atoms with Crippen molar-refractivity contribution in [3.8, 4) is 0 Å². The van der Waals surface area contributed by atoms with Gasteiger partial charge in [0.2, 0.25) is 0 Å². The van der Waals surface area contributed by atoms with E-state index in [4.69, 9.17) is 24.7 Å². The normalized spacial score (nSPS) is 23.8. The maximum absolute atomic E-state index is 12.1. The third-order valence-electron chi connectivity index (χ3n) is 3.47. The number of esters is 3. The summed E-state index contributed by atoms with van der Waals surface area (Å²) in [4.78, 5) is 49.7. The fourth-order valence-electron chi connectivity index (χ4n) is 2.54. The quantitative estimate of drug-likeness (QED) is 0.505. The van der Waals surface area contributed by atoms with Gasteiger partial charge in [-0.1, -0.05) is 0 Å². The Hall–Kier alpha value is -2.66. The molecule has 1 fully saturated rings. The number of ether oxygens (including phenoxy) is 4. The summed E-state index contributed by atoms with van der Waals surface area (Å²) in [7, 11) is 0. The molecule has 0 spiro atoms. The van der Waals surface area contributed by atoms with Crippen molar-refractivity contribution in [2.75, 3.05) is 12.3 Å². The van der Waals surface area contributed by atoms with Crippen LogP contribution in [0.25, 0.3) is 0 Å². The monoisotopic (exact) mass is 405 g/mol. The van der Waals surface area contributed by atoms with Crippen LogP contribution in [0.4, 0.5) is 5.82 Å². The Bertz CT molecular complexity index is 768. The molecule has 2 N–H and O–H groups in total. The molecule has 4 unspecified atom stereocenters. The Morgan fingerprint density at radius 3 is 2.26 bits per heavy atom. The molecule has 4 atom stereocenters. The second-order valence-electron chi connectivity index (χ2n) is 5.56. The lowest BCUT2D eigenvalue weighted by Crippen LogP contribution is -2.41. The van der Waals surface area contributed by atoms with Crippen molar-refractivity contribution in [1.29, 1.82) is 0 Å². The lowest BCUT2D eigenvalue weighted by Gasteiger charge is -2.23. The fourth-order valence-corrected chi connectivity index (χ4v) is 2.54. The molecule has 0 aromatic carbocycles. The van der Waals surface area contributed by atoms with E-state index in [1.807, 2.05) is 0 Å². The number of nitrogens with two attached hydrogens (primary N) is 1. The summed E-state index contributed by atoms with van der Waals surface area (Å²) in [5.41, 5.74) is 4.72. The van der Waals surface area contributed by atoms with E-state index < -0.39 is 48.1 Å². The Morgan fingerprint density at radius 1 is 1.15 bits per heavy atom. The van der Waals surface area contributed by atoms with Gasteiger partial charge >= 0.3 is 23.6 Å². The van der Waals surface area contributed by atoms with E-state index in [1.54, 1.807) is 0 Å². The standard InChI is InChI=1S/C15H19N3O8.ClH/c1-7(19)23-6-10-12(24-8(2)20)13(25-9(3)21)14(26-10)18-5-4-11(16)17-15(18)22;/h4-5,10,12-14H,6H2,1-3H3,(H2,16,17,22);1H. The Kier molecular flexibility index (Phi) is 7.73. The number of carbonyl (C=O) groups excluding carboxylic acids is 3. The number of anilines is 1. The fraction of sp³-hybridized carbons (Fsp3) is 0.533. The highest BCUT2D eigenvalue weighted by Gasteiger charge is 2.50. The van der Waals surface area contributed by atoms with E-state index in [0.29, 0.717) is 0 Å². The van der Waals surface area contributed by atoms with Gasteiger partial charge in [-0.05, 0) is 6.07 Å². The minimum atomic E-state index is -1.15. The number of nitrogens with zero attached hydrogens (tertiary/aromatic N) is 2. The summed E-state index contributed by atoms with van der Waals surface area (Å²) in [5.74, 6) is -1.91. The highest BCUT2D eigenvalue weighted by Crippen LogP contribution is 2.33. The van der Waals surface area contributed by atoms with Crippen molar-refractivity contribution in [2.45, 2.75) is 45.3 Å². The number of hydrogen-bond donors (Lipinski definition) is 1. The predicted octanol–water partition coefficient (Wildman–Crippen LogP) is -0.429. The van der Waals surface area contributed by atoms with E-state index in [0.717, 1.165) is 18.4 Å². The molecule has 27 heavy (non-hydrogen) atoms. The Balaban J connectivity index is 0.00000364. The molecule has 11 nitrogen and oxygen atoms in total. The summed E-state index contributed by atoms with van der Waals surface area (Å²) >= 11 is 0. The molecular weight excluding hydrogens is 386 g/mol. The molecule has 1 aromatic rings. The molecule has 1 aliphatic rings. The van der Waals surface area contributed by atoms with Gasteiger partial charge < -0.3 is 24.7 Å². The van der Waals surface area contributed by atoms with Crippen molar-refractivity contribution < 1.29 is 33.3 Å². The molecule has 2 rings (SSSR count). The summed E-state index contributed by atoms with van der Waals surface area (Å²) in [6, 6.07) is 1.36. The summed E-state index contributed by atoms with van der Waals surface area (Å²) in [6.07, 6.45) is -3.04. The van der Waals surface area contributed by atoms with Crippen LogP contribution in [0, 0.1) is 0 Å². The number of rotatable bonds is 5. The molecule has 12 heteroatoms. The molecule has 150 valence electrons. The van der Waals surface area contributed by atoms with Crippen molar-refractivity contribution in [3.05, 3.63) is 22.7 Å². The van der Waals surface area contributed by atoms with Gasteiger partial charge in [0.05, 0.1) is 0 Å². The van der Waals surface area contributed by atoms with Crippen LogP contribution in [0.3, 0.4) is 0 Å². The van der Waals surface area contributed by atoms with E-state index in [1.165, 1.54) is 19.2 Å². The van der Waals surface area contributed by atoms with Gasteiger partial charge in [-0.3, -0.25) is 19.0 Å². The molecule has 0 bridgehead atoms. The average molecular weight is 406 g/mol. The van der Waals surface area contributed by atoms with E-state index in [2.05, 4.69) is 4.98 Å². The van der Waals surface area contributed by atoms with Gasteiger partial charge in [-0.15, -0.1) is 12.4 Å². The summed E-state index contributed by atoms with van der Waals surface area (Å²) in [5, 5.41) is 0. The zero-order chi connectivity index (χ0) is 19.4. The summed E-state index contributed by atoms with van der Waals surface area (Å²) < 4.78 is 22.1. The molecule has 0 saturated carbocycles. The lowest BCUT2D eigenvalue weighted by atomic mass is 10.1. The molecule has 0 radical (unpaired) electrons. The Labute approximate surface area is 160 Å². The topological polar surface area (TPSA) is 149 Å². The lowest BCUT2D eigenvalue weighted by molar-refractivity contribution is -0.166. The third kappa shape index (κ3) is 5.66. The van der Waals surface area contributed by atoms with Crippen LogP contribution in [-0.2, 0) is 33.3 Å².